The van der Waals surface area contributed by atoms with Crippen molar-refractivity contribution in [3.63, 3.8) is 0 Å². The molecule has 0 heterocycles. The molecule has 37 heavy (non-hydrogen) atoms. The van der Waals surface area contributed by atoms with Gasteiger partial charge in [0.1, 0.15) is 18.3 Å². The van der Waals surface area contributed by atoms with Crippen molar-refractivity contribution in [2.45, 2.75) is 31.3 Å². The molecule has 1 N–H and O–H groups in total. The molecule has 0 aliphatic rings. The third-order valence-electron chi connectivity index (χ3n) is 5.73. The Balaban J connectivity index is 2.01. The first-order valence-corrected chi connectivity index (χ1v) is 13.9. The highest BCUT2D eigenvalue weighted by molar-refractivity contribution is 9.10. The van der Waals surface area contributed by atoms with Crippen LogP contribution in [0.1, 0.15) is 19.4 Å². The lowest BCUT2D eigenvalue weighted by Gasteiger charge is -2.32. The molecule has 0 aromatic heterocycles. The summed E-state index contributed by atoms with van der Waals surface area (Å²) in [5.41, 5.74) is 1.07. The maximum atomic E-state index is 13.8. The number of amides is 2. The van der Waals surface area contributed by atoms with Crippen LogP contribution >= 0.6 is 15.9 Å². The zero-order valence-corrected chi connectivity index (χ0v) is 23.3. The lowest BCUT2D eigenvalue weighted by molar-refractivity contribution is -0.139. The van der Waals surface area contributed by atoms with Gasteiger partial charge in [0.2, 0.25) is 11.8 Å². The van der Waals surface area contributed by atoms with Crippen LogP contribution < -0.4 is 14.4 Å². The molecule has 0 saturated heterocycles. The molecule has 0 aliphatic heterocycles. The number of ether oxygens (including phenoxy) is 1. The summed E-state index contributed by atoms with van der Waals surface area (Å²) in [5, 5.41) is 2.74. The number of likely N-dealkylation sites (N-methyl/N-ethyl adjacent to an activating group) is 1. The minimum Gasteiger partial charge on any atom is -0.497 e. The summed E-state index contributed by atoms with van der Waals surface area (Å²) in [6.45, 7) is 3.41. The van der Waals surface area contributed by atoms with Crippen LogP contribution in [0.15, 0.2) is 88.2 Å². The van der Waals surface area contributed by atoms with E-state index in [2.05, 4.69) is 21.2 Å². The molecule has 2 amide bonds. The third kappa shape index (κ3) is 7.11. The Kier molecular flexibility index (Phi) is 9.71. The molecule has 0 bridgehead atoms. The highest BCUT2D eigenvalue weighted by atomic mass is 79.9. The van der Waals surface area contributed by atoms with Gasteiger partial charge in [-0.3, -0.25) is 13.9 Å². The van der Waals surface area contributed by atoms with Gasteiger partial charge in [-0.1, -0.05) is 46.3 Å². The van der Waals surface area contributed by atoms with Gasteiger partial charge in [0, 0.05) is 17.6 Å². The fourth-order valence-electron chi connectivity index (χ4n) is 3.73. The summed E-state index contributed by atoms with van der Waals surface area (Å²) >= 11 is 3.36. The minimum absolute atomic E-state index is 0.0573. The summed E-state index contributed by atoms with van der Waals surface area (Å²) in [6.07, 6.45) is 0. The molecule has 3 rings (SSSR count). The monoisotopic (exact) mass is 587 g/mol. The van der Waals surface area contributed by atoms with E-state index in [0.717, 1.165) is 14.3 Å². The van der Waals surface area contributed by atoms with Crippen LogP contribution in [0.4, 0.5) is 5.69 Å². The highest BCUT2D eigenvalue weighted by Crippen LogP contribution is 2.26. The number of halogens is 1. The second kappa shape index (κ2) is 12.7. The number of carbonyl (C=O) groups is 2. The van der Waals surface area contributed by atoms with Gasteiger partial charge in [0.15, 0.2) is 0 Å². The highest BCUT2D eigenvalue weighted by Gasteiger charge is 2.32. The Morgan fingerprint density at radius 2 is 1.68 bits per heavy atom. The molecule has 0 unspecified atom stereocenters. The lowest BCUT2D eigenvalue weighted by Crippen LogP contribution is -2.51. The first kappa shape index (κ1) is 28.2. The van der Waals surface area contributed by atoms with Gasteiger partial charge in [-0.05, 0) is 67.9 Å². The molecule has 1 atom stereocenters. The van der Waals surface area contributed by atoms with Crippen molar-refractivity contribution >= 4 is 43.5 Å². The number of nitrogens with one attached hydrogen (secondary N) is 1. The van der Waals surface area contributed by atoms with Crippen LogP contribution in [0.2, 0.25) is 0 Å². The number of anilines is 1. The number of benzene rings is 3. The SMILES string of the molecule is CCNC(=O)[C@@H](C)N(Cc1cccc(OC)c1)C(=O)CN(c1ccc(Br)cc1)S(=O)(=O)c1ccccc1. The quantitative estimate of drug-likeness (QED) is 0.362. The number of hydrogen-bond donors (Lipinski definition) is 1. The number of rotatable bonds is 11. The number of hydrogen-bond acceptors (Lipinski definition) is 5. The zero-order valence-electron chi connectivity index (χ0n) is 20.9. The van der Waals surface area contributed by atoms with E-state index in [1.54, 1.807) is 81.6 Å². The van der Waals surface area contributed by atoms with Crippen molar-refractivity contribution in [3.05, 3.63) is 88.9 Å². The molecule has 10 heteroatoms. The second-order valence-corrected chi connectivity index (χ2v) is 11.0. The van der Waals surface area contributed by atoms with Crippen molar-refractivity contribution < 1.29 is 22.7 Å². The third-order valence-corrected chi connectivity index (χ3v) is 8.05. The van der Waals surface area contributed by atoms with Crippen LogP contribution in [0.25, 0.3) is 0 Å². The van der Waals surface area contributed by atoms with Gasteiger partial charge < -0.3 is 15.0 Å². The van der Waals surface area contributed by atoms with Gasteiger partial charge in [0.05, 0.1) is 17.7 Å². The van der Waals surface area contributed by atoms with E-state index in [0.29, 0.717) is 18.0 Å². The standard InChI is InChI=1S/C27H30BrN3O5S/c1-4-29-27(33)20(2)30(18-21-9-8-10-24(17-21)36-3)26(32)19-31(23-15-13-22(28)14-16-23)37(34,35)25-11-6-5-7-12-25/h5-17,20H,4,18-19H2,1-3H3,(H,29,33)/t20-/m1/s1. The van der Waals surface area contributed by atoms with Gasteiger partial charge in [-0.2, -0.15) is 0 Å². The predicted molar refractivity (Wildman–Crippen MR) is 147 cm³/mol. The molecule has 3 aromatic carbocycles. The Hall–Kier alpha value is -3.37. The van der Waals surface area contributed by atoms with E-state index >= 15 is 0 Å². The van der Waals surface area contributed by atoms with E-state index in [1.165, 1.54) is 17.0 Å². The van der Waals surface area contributed by atoms with Crippen LogP contribution in [0.3, 0.4) is 0 Å². The van der Waals surface area contributed by atoms with Crippen molar-refractivity contribution in [2.24, 2.45) is 0 Å². The summed E-state index contributed by atoms with van der Waals surface area (Å²) in [5.74, 6) is -0.248. The molecule has 0 spiro atoms. The number of nitrogens with zero attached hydrogens (tertiary/aromatic N) is 2. The smallest absolute Gasteiger partial charge is 0.264 e. The van der Waals surface area contributed by atoms with E-state index in [1.807, 2.05) is 6.07 Å². The number of carbonyl (C=O) groups excluding carboxylic acids is 2. The lowest BCUT2D eigenvalue weighted by atomic mass is 10.1. The predicted octanol–water partition coefficient (Wildman–Crippen LogP) is 4.21. The van der Waals surface area contributed by atoms with Gasteiger partial charge in [0.25, 0.3) is 10.0 Å². The van der Waals surface area contributed by atoms with E-state index < -0.39 is 28.5 Å². The van der Waals surface area contributed by atoms with E-state index in [-0.39, 0.29) is 17.3 Å². The number of methoxy groups -OCH3 is 1. The van der Waals surface area contributed by atoms with Gasteiger partial charge in [-0.15, -0.1) is 0 Å². The topological polar surface area (TPSA) is 96.0 Å². The normalized spacial score (nSPS) is 11.9. The molecule has 3 aromatic rings. The molecular formula is C27H30BrN3O5S. The Labute approximate surface area is 226 Å². The summed E-state index contributed by atoms with van der Waals surface area (Å²) in [6, 6.07) is 20.9. The second-order valence-electron chi connectivity index (χ2n) is 8.24. The summed E-state index contributed by atoms with van der Waals surface area (Å²) in [7, 11) is -2.54. The fraction of sp³-hybridized carbons (Fsp3) is 0.259. The molecule has 0 fully saturated rings. The molecular weight excluding hydrogens is 558 g/mol. The Morgan fingerprint density at radius 3 is 2.30 bits per heavy atom. The average Bonchev–Trinajstić information content (AvgIpc) is 2.91. The number of sulfonamides is 1. The van der Waals surface area contributed by atoms with Crippen LogP contribution in [-0.2, 0) is 26.2 Å². The largest absolute Gasteiger partial charge is 0.497 e. The van der Waals surface area contributed by atoms with Crippen LogP contribution in [0, 0.1) is 0 Å². The molecule has 8 nitrogen and oxygen atoms in total. The minimum atomic E-state index is -4.09. The Morgan fingerprint density at radius 1 is 1.00 bits per heavy atom. The van der Waals surface area contributed by atoms with Crippen molar-refractivity contribution in [2.75, 3.05) is 24.5 Å². The summed E-state index contributed by atoms with van der Waals surface area (Å²) < 4.78 is 34.5. The molecule has 0 radical (unpaired) electrons. The van der Waals surface area contributed by atoms with Crippen molar-refractivity contribution in [1.29, 1.82) is 0 Å². The zero-order chi connectivity index (χ0) is 27.0. The molecule has 0 saturated carbocycles. The first-order chi connectivity index (χ1) is 17.7. The van der Waals surface area contributed by atoms with Crippen LogP contribution in [0.5, 0.6) is 5.75 Å². The van der Waals surface area contributed by atoms with Crippen LogP contribution in [-0.4, -0.2) is 51.4 Å². The fourth-order valence-corrected chi connectivity index (χ4v) is 5.43. The van der Waals surface area contributed by atoms with E-state index in [4.69, 9.17) is 4.74 Å². The molecule has 196 valence electrons. The van der Waals surface area contributed by atoms with E-state index in [9.17, 15) is 18.0 Å². The van der Waals surface area contributed by atoms with Gasteiger partial charge >= 0.3 is 0 Å². The first-order valence-electron chi connectivity index (χ1n) is 11.7. The van der Waals surface area contributed by atoms with Crippen molar-refractivity contribution in [3.8, 4) is 5.75 Å². The molecule has 0 aliphatic carbocycles. The Bertz CT molecular complexity index is 1320. The maximum absolute atomic E-state index is 13.8. The van der Waals surface area contributed by atoms with Crippen molar-refractivity contribution in [1.82, 2.24) is 10.2 Å². The average molecular weight is 589 g/mol. The summed E-state index contributed by atoms with van der Waals surface area (Å²) in [4.78, 5) is 28.0. The van der Waals surface area contributed by atoms with Gasteiger partial charge in [-0.25, -0.2) is 8.42 Å². The maximum Gasteiger partial charge on any atom is 0.264 e.